The van der Waals surface area contributed by atoms with E-state index in [0.717, 1.165) is 37.0 Å². The summed E-state index contributed by atoms with van der Waals surface area (Å²) in [5, 5.41) is 34.2. The zero-order valence-corrected chi connectivity index (χ0v) is 17.4. The summed E-state index contributed by atoms with van der Waals surface area (Å²) in [6, 6.07) is 0. The number of guanidine groups is 1. The Bertz CT molecular complexity index is 781. The van der Waals surface area contributed by atoms with E-state index in [1.165, 1.54) is 11.0 Å². The summed E-state index contributed by atoms with van der Waals surface area (Å²) in [6.45, 7) is 2.03. The van der Waals surface area contributed by atoms with Crippen LogP contribution in [0.15, 0.2) is 9.79 Å². The maximum atomic E-state index is 12.5. The average Bonchev–Trinajstić information content (AvgIpc) is 3.14. The van der Waals surface area contributed by atoms with Gasteiger partial charge in [-0.2, -0.15) is 0 Å². The number of nitrogens with zero attached hydrogens (tertiary/aromatic N) is 2. The van der Waals surface area contributed by atoms with E-state index >= 15 is 0 Å². The molecule has 1 fully saturated rings. The molecule has 0 bridgehead atoms. The molecule has 6 N–H and O–H groups in total. The van der Waals surface area contributed by atoms with Crippen molar-refractivity contribution in [3.63, 3.8) is 0 Å². The van der Waals surface area contributed by atoms with Crippen LogP contribution in [0.2, 0.25) is 0 Å². The number of hydrogen-bond donors (Lipinski definition) is 5. The topological polar surface area (TPSA) is 152 Å². The van der Waals surface area contributed by atoms with Gasteiger partial charge in [0.25, 0.3) is 0 Å². The predicted octanol–water partition coefficient (Wildman–Crippen LogP) is 0.466. The molecule has 0 aromatic carbocycles. The standard InChI is InChI=1S/C18H30N4O6S/c1-2-3-4-5-6-7-8-27-18(26)12(10-23)28-15(13(18)24)22-14-11(29-17(22)25)9-20-16(19)21-14/h12-13,15,23-24,26H,2-10H2,1H3,(H3,19,20,21)/t12-,13+,15-,18+/m1/s1. The van der Waals surface area contributed by atoms with Crippen molar-refractivity contribution in [2.45, 2.75) is 76.2 Å². The van der Waals surface area contributed by atoms with Gasteiger partial charge in [-0.25, -0.2) is 4.99 Å². The van der Waals surface area contributed by atoms with E-state index in [9.17, 15) is 20.1 Å². The molecular weight excluding hydrogens is 400 g/mol. The van der Waals surface area contributed by atoms with E-state index in [2.05, 4.69) is 17.2 Å². The van der Waals surface area contributed by atoms with Gasteiger partial charge >= 0.3 is 4.87 Å². The molecule has 1 aromatic rings. The largest absolute Gasteiger partial charge is 0.393 e. The van der Waals surface area contributed by atoms with E-state index in [-0.39, 0.29) is 19.1 Å². The molecule has 0 aliphatic carbocycles. The lowest BCUT2D eigenvalue weighted by atomic mass is 10.1. The number of nitrogens with two attached hydrogens (primary N) is 1. The fourth-order valence-electron chi connectivity index (χ4n) is 3.62. The molecule has 0 radical (unpaired) electrons. The van der Waals surface area contributed by atoms with Gasteiger partial charge in [0, 0.05) is 0 Å². The molecule has 4 atom stereocenters. The van der Waals surface area contributed by atoms with Crippen LogP contribution in [-0.2, 0) is 16.0 Å². The Morgan fingerprint density at radius 3 is 2.83 bits per heavy atom. The SMILES string of the molecule is CCCCCCCCO[C@@]1(O)[C@@H](CO)O[C@@H](n2c3c(sc2=O)CN=C(N)N3)[C@@H]1O. The van der Waals surface area contributed by atoms with Crippen LogP contribution in [0, 0.1) is 0 Å². The highest BCUT2D eigenvalue weighted by molar-refractivity contribution is 7.09. The number of ether oxygens (including phenoxy) is 2. The van der Waals surface area contributed by atoms with Crippen molar-refractivity contribution in [2.75, 3.05) is 18.5 Å². The molecule has 1 saturated heterocycles. The van der Waals surface area contributed by atoms with E-state index in [0.29, 0.717) is 17.1 Å². The van der Waals surface area contributed by atoms with Crippen molar-refractivity contribution in [3.8, 4) is 0 Å². The average molecular weight is 431 g/mol. The fraction of sp³-hybridized carbons (Fsp3) is 0.778. The lowest BCUT2D eigenvalue weighted by Gasteiger charge is -2.30. The summed E-state index contributed by atoms with van der Waals surface area (Å²) in [5.41, 5.74) is 5.70. The van der Waals surface area contributed by atoms with Crippen LogP contribution in [0.3, 0.4) is 0 Å². The summed E-state index contributed by atoms with van der Waals surface area (Å²) in [5.74, 6) is -1.61. The summed E-state index contributed by atoms with van der Waals surface area (Å²) >= 11 is 0.954. The molecule has 3 heterocycles. The Balaban J connectivity index is 1.69. The first kappa shape index (κ1) is 22.2. The number of anilines is 1. The van der Waals surface area contributed by atoms with Crippen LogP contribution in [0.1, 0.15) is 56.6 Å². The molecule has 0 unspecified atom stereocenters. The first-order chi connectivity index (χ1) is 13.9. The Hall–Kier alpha value is -1.50. The van der Waals surface area contributed by atoms with Gasteiger partial charge in [-0.15, -0.1) is 0 Å². The highest BCUT2D eigenvalue weighted by Gasteiger charge is 2.58. The third-order valence-electron chi connectivity index (χ3n) is 5.26. The predicted molar refractivity (Wildman–Crippen MR) is 109 cm³/mol. The van der Waals surface area contributed by atoms with Crippen molar-refractivity contribution >= 4 is 23.1 Å². The Labute approximate surface area is 173 Å². The molecule has 3 rings (SSSR count). The highest BCUT2D eigenvalue weighted by atomic mass is 32.1. The van der Waals surface area contributed by atoms with Gasteiger partial charge in [-0.1, -0.05) is 50.4 Å². The zero-order valence-electron chi connectivity index (χ0n) is 16.5. The van der Waals surface area contributed by atoms with Gasteiger partial charge in [0.1, 0.15) is 11.9 Å². The van der Waals surface area contributed by atoms with Crippen LogP contribution in [-0.4, -0.2) is 57.1 Å². The van der Waals surface area contributed by atoms with E-state index in [1.54, 1.807) is 0 Å². The van der Waals surface area contributed by atoms with Crippen molar-refractivity contribution < 1.29 is 24.8 Å². The molecule has 29 heavy (non-hydrogen) atoms. The number of aliphatic hydroxyl groups is 3. The normalized spacial score (nSPS) is 28.8. The van der Waals surface area contributed by atoms with E-state index < -0.39 is 35.7 Å². The monoisotopic (exact) mass is 430 g/mol. The van der Waals surface area contributed by atoms with Crippen molar-refractivity contribution in [1.29, 1.82) is 0 Å². The molecule has 0 amide bonds. The van der Waals surface area contributed by atoms with E-state index in [4.69, 9.17) is 15.2 Å². The Kier molecular flexibility index (Phi) is 7.30. The number of hydrogen-bond acceptors (Lipinski definition) is 10. The number of aliphatic imine (C=N–C) groups is 1. The number of aromatic nitrogens is 1. The first-order valence-corrected chi connectivity index (χ1v) is 10.9. The molecule has 164 valence electrons. The maximum absolute atomic E-state index is 12.5. The van der Waals surface area contributed by atoms with Crippen molar-refractivity contribution in [1.82, 2.24) is 4.57 Å². The number of rotatable bonds is 10. The minimum absolute atomic E-state index is 0.143. The summed E-state index contributed by atoms with van der Waals surface area (Å²) < 4.78 is 12.4. The van der Waals surface area contributed by atoms with Crippen LogP contribution < -0.4 is 15.9 Å². The second kappa shape index (κ2) is 9.54. The molecule has 2 aliphatic heterocycles. The number of nitrogens with one attached hydrogen (secondary N) is 1. The van der Waals surface area contributed by atoms with Gasteiger partial charge in [-0.05, 0) is 6.42 Å². The van der Waals surface area contributed by atoms with Crippen LogP contribution in [0.25, 0.3) is 0 Å². The molecular formula is C18H30N4O6S. The van der Waals surface area contributed by atoms with Gasteiger partial charge in [-0.3, -0.25) is 9.36 Å². The minimum Gasteiger partial charge on any atom is -0.393 e. The summed E-state index contributed by atoms with van der Waals surface area (Å²) in [7, 11) is 0. The summed E-state index contributed by atoms with van der Waals surface area (Å²) in [6.07, 6.45) is 2.24. The fourth-order valence-corrected chi connectivity index (χ4v) is 4.50. The molecule has 2 aliphatic rings. The number of aliphatic hydroxyl groups excluding tert-OH is 2. The van der Waals surface area contributed by atoms with Gasteiger partial charge in [0.15, 0.2) is 18.3 Å². The summed E-state index contributed by atoms with van der Waals surface area (Å²) in [4.78, 5) is 16.8. The Morgan fingerprint density at radius 2 is 2.10 bits per heavy atom. The maximum Gasteiger partial charge on any atom is 0.311 e. The lowest BCUT2D eigenvalue weighted by molar-refractivity contribution is -0.266. The molecule has 1 aromatic heterocycles. The molecule has 11 heteroatoms. The second-order valence-corrected chi connectivity index (χ2v) is 8.39. The third-order valence-corrected chi connectivity index (χ3v) is 6.20. The Morgan fingerprint density at radius 1 is 1.38 bits per heavy atom. The molecule has 0 saturated carbocycles. The quantitative estimate of drug-likeness (QED) is 0.265. The number of thiazole rings is 1. The van der Waals surface area contributed by atoms with Crippen LogP contribution >= 0.6 is 11.3 Å². The van der Waals surface area contributed by atoms with Gasteiger partial charge in [0.05, 0.1) is 24.6 Å². The molecule has 10 nitrogen and oxygen atoms in total. The van der Waals surface area contributed by atoms with E-state index in [1.807, 2.05) is 0 Å². The first-order valence-electron chi connectivity index (χ1n) is 10.0. The van der Waals surface area contributed by atoms with Gasteiger partial charge in [0.2, 0.25) is 5.79 Å². The second-order valence-electron chi connectivity index (χ2n) is 7.35. The van der Waals surface area contributed by atoms with Gasteiger partial charge < -0.3 is 35.8 Å². The zero-order chi connectivity index (χ0) is 21.0. The van der Waals surface area contributed by atoms with Crippen LogP contribution in [0.4, 0.5) is 5.82 Å². The third kappa shape index (κ3) is 4.49. The molecule has 0 spiro atoms. The smallest absolute Gasteiger partial charge is 0.311 e. The number of fused-ring (bicyclic) bond motifs is 1. The van der Waals surface area contributed by atoms with Crippen molar-refractivity contribution in [3.05, 3.63) is 14.5 Å². The van der Waals surface area contributed by atoms with Crippen molar-refractivity contribution in [2.24, 2.45) is 10.7 Å². The highest BCUT2D eigenvalue weighted by Crippen LogP contribution is 2.40. The van der Waals surface area contributed by atoms with Crippen LogP contribution in [0.5, 0.6) is 0 Å². The number of unbranched alkanes of at least 4 members (excludes halogenated alkanes) is 5. The lowest BCUT2D eigenvalue weighted by Crippen LogP contribution is -2.51. The minimum atomic E-state index is -2.12.